The first-order valence-electron chi connectivity index (χ1n) is 5.28. The van der Waals surface area contributed by atoms with Crippen molar-refractivity contribution < 1.29 is 4.84 Å². The molecule has 1 aromatic carbocycles. The number of benzene rings is 1. The van der Waals surface area contributed by atoms with Gasteiger partial charge in [0.15, 0.2) is 0 Å². The van der Waals surface area contributed by atoms with Crippen LogP contribution in [0, 0.1) is 0 Å². The van der Waals surface area contributed by atoms with Crippen molar-refractivity contribution in [2.45, 2.75) is 12.8 Å². The summed E-state index contributed by atoms with van der Waals surface area (Å²) < 4.78 is 0. The third-order valence-electron chi connectivity index (χ3n) is 2.52. The van der Waals surface area contributed by atoms with Crippen LogP contribution in [0.3, 0.4) is 0 Å². The molecule has 0 saturated carbocycles. The highest BCUT2D eigenvalue weighted by atomic mass is 32.1. The lowest BCUT2D eigenvalue weighted by Gasteiger charge is -2.05. The third-order valence-corrected chi connectivity index (χ3v) is 3.88. The van der Waals surface area contributed by atoms with Crippen LogP contribution in [0.25, 0.3) is 10.4 Å². The van der Waals surface area contributed by atoms with Crippen molar-refractivity contribution >= 4 is 11.3 Å². The molecule has 2 aromatic rings. The van der Waals surface area contributed by atoms with Crippen LogP contribution in [-0.4, -0.2) is 6.61 Å². The van der Waals surface area contributed by atoms with E-state index in [1.54, 1.807) is 11.3 Å². The van der Waals surface area contributed by atoms with Crippen LogP contribution in [-0.2, 0) is 4.84 Å². The average Bonchev–Trinajstić information content (AvgIpc) is 2.80. The van der Waals surface area contributed by atoms with Crippen molar-refractivity contribution in [2.75, 3.05) is 6.61 Å². The summed E-state index contributed by atoms with van der Waals surface area (Å²) in [5.74, 6) is 5.44. The molecule has 1 atom stereocenters. The van der Waals surface area contributed by atoms with Crippen LogP contribution in [0.2, 0.25) is 0 Å². The molecular weight excluding hydrogens is 218 g/mol. The molecule has 2 nitrogen and oxygen atoms in total. The normalized spacial score (nSPS) is 12.6. The molecular formula is C13H15NOS. The van der Waals surface area contributed by atoms with E-state index in [2.05, 4.69) is 48.2 Å². The predicted octanol–water partition coefficient (Wildman–Crippen LogP) is 3.41. The second-order valence-electron chi connectivity index (χ2n) is 3.80. The van der Waals surface area contributed by atoms with Gasteiger partial charge in [-0.2, -0.15) is 0 Å². The van der Waals surface area contributed by atoms with E-state index in [4.69, 9.17) is 5.90 Å². The van der Waals surface area contributed by atoms with E-state index < -0.39 is 0 Å². The quantitative estimate of drug-likeness (QED) is 0.821. The topological polar surface area (TPSA) is 35.2 Å². The fourth-order valence-electron chi connectivity index (χ4n) is 1.60. The van der Waals surface area contributed by atoms with Crippen molar-refractivity contribution in [3.8, 4) is 10.4 Å². The summed E-state index contributed by atoms with van der Waals surface area (Å²) in [6.07, 6.45) is 0. The predicted molar refractivity (Wildman–Crippen MR) is 68.3 cm³/mol. The van der Waals surface area contributed by atoms with E-state index in [1.165, 1.54) is 15.3 Å². The van der Waals surface area contributed by atoms with Crippen molar-refractivity contribution in [3.63, 3.8) is 0 Å². The minimum absolute atomic E-state index is 0.354. The van der Waals surface area contributed by atoms with E-state index in [0.717, 1.165) is 0 Å². The molecule has 0 fully saturated rings. The van der Waals surface area contributed by atoms with Crippen molar-refractivity contribution in [1.29, 1.82) is 0 Å². The first kappa shape index (κ1) is 11.3. The number of thiophene rings is 1. The molecule has 16 heavy (non-hydrogen) atoms. The number of hydrogen-bond acceptors (Lipinski definition) is 3. The Hall–Kier alpha value is -1.16. The van der Waals surface area contributed by atoms with Gasteiger partial charge in [-0.15, -0.1) is 11.3 Å². The standard InChI is InChI=1S/C13H15NOS/c1-10(9-15-14)12-7-8-13(16-12)11-5-3-2-4-6-11/h2-8,10H,9,14H2,1H3. The van der Waals surface area contributed by atoms with E-state index in [9.17, 15) is 0 Å². The lowest BCUT2D eigenvalue weighted by atomic mass is 10.1. The smallest absolute Gasteiger partial charge is 0.0753 e. The summed E-state index contributed by atoms with van der Waals surface area (Å²) in [6.45, 7) is 2.68. The van der Waals surface area contributed by atoms with Gasteiger partial charge in [0, 0.05) is 15.7 Å². The molecule has 1 unspecified atom stereocenters. The van der Waals surface area contributed by atoms with Crippen LogP contribution < -0.4 is 5.90 Å². The van der Waals surface area contributed by atoms with Gasteiger partial charge in [0.25, 0.3) is 0 Å². The first-order chi connectivity index (χ1) is 7.81. The van der Waals surface area contributed by atoms with E-state index in [0.29, 0.717) is 12.5 Å². The summed E-state index contributed by atoms with van der Waals surface area (Å²) in [5.41, 5.74) is 1.26. The lowest BCUT2D eigenvalue weighted by molar-refractivity contribution is 0.127. The van der Waals surface area contributed by atoms with Gasteiger partial charge in [0.05, 0.1) is 6.61 Å². The summed E-state index contributed by atoms with van der Waals surface area (Å²) in [7, 11) is 0. The van der Waals surface area contributed by atoms with Gasteiger partial charge in [0.1, 0.15) is 0 Å². The molecule has 0 amide bonds. The fraction of sp³-hybridized carbons (Fsp3) is 0.231. The molecule has 0 aliphatic heterocycles. The van der Waals surface area contributed by atoms with Gasteiger partial charge in [-0.05, 0) is 17.7 Å². The van der Waals surface area contributed by atoms with Crippen LogP contribution in [0.15, 0.2) is 42.5 Å². The van der Waals surface area contributed by atoms with Crippen LogP contribution in [0.1, 0.15) is 17.7 Å². The maximum Gasteiger partial charge on any atom is 0.0753 e. The first-order valence-corrected chi connectivity index (χ1v) is 6.09. The number of hydrogen-bond donors (Lipinski definition) is 1. The molecule has 0 bridgehead atoms. The van der Waals surface area contributed by atoms with Gasteiger partial charge >= 0.3 is 0 Å². The summed E-state index contributed by atoms with van der Waals surface area (Å²) >= 11 is 1.80. The van der Waals surface area contributed by atoms with Gasteiger partial charge in [-0.1, -0.05) is 37.3 Å². The van der Waals surface area contributed by atoms with Gasteiger partial charge < -0.3 is 4.84 Å². The number of rotatable bonds is 4. The summed E-state index contributed by atoms with van der Waals surface area (Å²) in [4.78, 5) is 7.28. The van der Waals surface area contributed by atoms with Crippen molar-refractivity contribution in [3.05, 3.63) is 47.3 Å². The second-order valence-corrected chi connectivity index (χ2v) is 4.92. The molecule has 1 heterocycles. The Kier molecular flexibility index (Phi) is 3.72. The second kappa shape index (κ2) is 5.25. The maximum absolute atomic E-state index is 5.09. The van der Waals surface area contributed by atoms with Crippen molar-refractivity contribution in [1.82, 2.24) is 0 Å². The molecule has 2 N–H and O–H groups in total. The summed E-state index contributed by atoms with van der Waals surface area (Å²) in [5, 5.41) is 0. The Morgan fingerprint density at radius 1 is 1.19 bits per heavy atom. The molecule has 2 rings (SSSR count). The Morgan fingerprint density at radius 3 is 2.62 bits per heavy atom. The molecule has 0 saturated heterocycles. The van der Waals surface area contributed by atoms with E-state index >= 15 is 0 Å². The fourth-order valence-corrected chi connectivity index (χ4v) is 2.65. The van der Waals surface area contributed by atoms with E-state index in [1.807, 2.05) is 6.07 Å². The van der Waals surface area contributed by atoms with Gasteiger partial charge in [0.2, 0.25) is 0 Å². The molecule has 0 aliphatic carbocycles. The minimum Gasteiger partial charge on any atom is -0.304 e. The Bertz CT molecular complexity index is 438. The maximum atomic E-state index is 5.09. The van der Waals surface area contributed by atoms with Gasteiger partial charge in [-0.3, -0.25) is 0 Å². The molecule has 3 heteroatoms. The average molecular weight is 233 g/mol. The number of nitrogens with two attached hydrogens (primary N) is 1. The highest BCUT2D eigenvalue weighted by Crippen LogP contribution is 2.31. The van der Waals surface area contributed by atoms with Crippen LogP contribution in [0.5, 0.6) is 0 Å². The summed E-state index contributed by atoms with van der Waals surface area (Å²) in [6, 6.07) is 14.7. The zero-order chi connectivity index (χ0) is 11.4. The minimum atomic E-state index is 0.354. The molecule has 84 valence electrons. The monoisotopic (exact) mass is 233 g/mol. The Balaban J connectivity index is 2.20. The highest BCUT2D eigenvalue weighted by Gasteiger charge is 2.09. The van der Waals surface area contributed by atoms with Crippen LogP contribution in [0.4, 0.5) is 0 Å². The lowest BCUT2D eigenvalue weighted by Crippen LogP contribution is -2.07. The Labute approximate surface area is 99.6 Å². The molecule has 0 spiro atoms. The van der Waals surface area contributed by atoms with E-state index in [-0.39, 0.29) is 0 Å². The zero-order valence-corrected chi connectivity index (χ0v) is 10.0. The molecule has 0 radical (unpaired) electrons. The van der Waals surface area contributed by atoms with Gasteiger partial charge in [-0.25, -0.2) is 5.90 Å². The van der Waals surface area contributed by atoms with Crippen LogP contribution >= 0.6 is 11.3 Å². The third kappa shape index (κ3) is 2.50. The largest absolute Gasteiger partial charge is 0.304 e. The molecule has 1 aromatic heterocycles. The highest BCUT2D eigenvalue weighted by molar-refractivity contribution is 7.15. The SMILES string of the molecule is CC(CON)c1ccc(-c2ccccc2)s1. The Morgan fingerprint density at radius 2 is 1.94 bits per heavy atom. The zero-order valence-electron chi connectivity index (χ0n) is 9.22. The molecule has 0 aliphatic rings. The van der Waals surface area contributed by atoms with Crippen molar-refractivity contribution in [2.24, 2.45) is 5.90 Å².